The fourth-order valence-electron chi connectivity index (χ4n) is 1.50. The van der Waals surface area contributed by atoms with Gasteiger partial charge in [0.1, 0.15) is 0 Å². The van der Waals surface area contributed by atoms with Crippen molar-refractivity contribution >= 4 is 13.8 Å². The number of nitrogens with one attached hydrogen (secondary N) is 2. The molecule has 0 spiro atoms. The zero-order valence-electron chi connectivity index (χ0n) is 20.0. The Kier molecular flexibility index (Phi) is 25.3. The van der Waals surface area contributed by atoms with Gasteiger partial charge in [-0.1, -0.05) is 6.07 Å². The van der Waals surface area contributed by atoms with Gasteiger partial charge in [-0.3, -0.25) is 4.52 Å². The summed E-state index contributed by atoms with van der Waals surface area (Å²) in [6, 6.07) is 21.0. The molecule has 0 heterocycles. The fourth-order valence-corrected chi connectivity index (χ4v) is 1.95. The van der Waals surface area contributed by atoms with Gasteiger partial charge in [0.05, 0.1) is 13.2 Å². The standard InChI is InChI=1S/C14H10.C5H13N.C4H12NO4P.2Y/c1-3-7-13(8-4-1)11-12-14-9-5-2-6-10-14;1-5(2,3)6-4;1-5-10(6,7)9-4-3-8-2;;/h1-9,12H;6H,1-4H3;3-4H2,1-2H3,(H2,5,6,7);;/q-2;;;;. The molecular weight excluding hydrogens is 577 g/mol. The van der Waals surface area contributed by atoms with Gasteiger partial charge in [-0.2, -0.15) is 35.9 Å². The minimum Gasteiger partial charge on any atom is -0.382 e. The topological polar surface area (TPSA) is 79.8 Å². The second-order valence-corrected chi connectivity index (χ2v) is 8.79. The van der Waals surface area contributed by atoms with Gasteiger partial charge < -0.3 is 14.9 Å². The minimum atomic E-state index is -3.53. The summed E-state index contributed by atoms with van der Waals surface area (Å²) in [6.45, 7) is 6.82. The van der Waals surface area contributed by atoms with Gasteiger partial charge in [0, 0.05) is 78.1 Å². The van der Waals surface area contributed by atoms with Gasteiger partial charge in [-0.05, 0) is 34.9 Å². The summed E-state index contributed by atoms with van der Waals surface area (Å²) in [4.78, 5) is 8.72. The molecule has 0 fully saturated rings. The first kappa shape index (κ1) is 37.0. The van der Waals surface area contributed by atoms with E-state index in [2.05, 4.69) is 52.6 Å². The second kappa shape index (κ2) is 21.9. The van der Waals surface area contributed by atoms with Crippen molar-refractivity contribution in [1.29, 1.82) is 0 Å². The molecule has 0 aliphatic rings. The summed E-state index contributed by atoms with van der Waals surface area (Å²) >= 11 is 0. The average molecular weight is 612 g/mol. The maximum Gasteiger partial charge on any atom is 0.402 e. The van der Waals surface area contributed by atoms with Crippen LogP contribution in [-0.4, -0.2) is 44.9 Å². The summed E-state index contributed by atoms with van der Waals surface area (Å²) in [5.74, 6) is 0. The van der Waals surface area contributed by atoms with E-state index < -0.39 is 7.75 Å². The summed E-state index contributed by atoms with van der Waals surface area (Å²) in [7, 11) is 1.27. The molecule has 1 atom stereocenters. The van der Waals surface area contributed by atoms with Crippen LogP contribution in [0.2, 0.25) is 0 Å². The predicted molar refractivity (Wildman–Crippen MR) is 124 cm³/mol. The molecule has 9 heteroatoms. The third kappa shape index (κ3) is 23.6. The molecule has 1 unspecified atom stereocenters. The van der Waals surface area contributed by atoms with Gasteiger partial charge in [-0.25, -0.2) is 21.3 Å². The first-order valence-corrected chi connectivity index (χ1v) is 11.2. The molecular formula is C23H35N2O4PY2-2. The largest absolute Gasteiger partial charge is 0.402 e. The summed E-state index contributed by atoms with van der Waals surface area (Å²) in [5, 5.41) is 5.24. The van der Waals surface area contributed by atoms with E-state index >= 15 is 0 Å². The van der Waals surface area contributed by atoms with E-state index in [0.29, 0.717) is 12.1 Å². The molecule has 32 heavy (non-hydrogen) atoms. The zero-order valence-corrected chi connectivity index (χ0v) is 26.5. The van der Waals surface area contributed by atoms with E-state index in [4.69, 9.17) is 4.89 Å². The van der Waals surface area contributed by atoms with Crippen LogP contribution >= 0.6 is 7.75 Å². The van der Waals surface area contributed by atoms with Crippen LogP contribution in [0.5, 0.6) is 0 Å². The van der Waals surface area contributed by atoms with Gasteiger partial charge in [0.25, 0.3) is 0 Å². The van der Waals surface area contributed by atoms with Crippen molar-refractivity contribution in [3.8, 4) is 0 Å². The minimum absolute atomic E-state index is 0. The zero-order chi connectivity index (χ0) is 22.9. The van der Waals surface area contributed by atoms with Crippen molar-refractivity contribution in [2.75, 3.05) is 34.4 Å². The maximum absolute atomic E-state index is 10.6. The Balaban J connectivity index is -0.000000416. The quantitative estimate of drug-likeness (QED) is 0.187. The van der Waals surface area contributed by atoms with Gasteiger partial charge >= 0.3 is 7.75 Å². The van der Waals surface area contributed by atoms with Gasteiger partial charge in [-0.15, -0.1) is 30.3 Å². The van der Waals surface area contributed by atoms with Crippen LogP contribution in [0, 0.1) is 12.1 Å². The van der Waals surface area contributed by atoms with Crippen molar-refractivity contribution in [2.24, 2.45) is 0 Å². The predicted octanol–water partition coefficient (Wildman–Crippen LogP) is 4.32. The molecule has 174 valence electrons. The van der Waals surface area contributed by atoms with Crippen molar-refractivity contribution in [3.05, 3.63) is 77.9 Å². The number of rotatable bonds is 7. The number of hydrogen-bond donors (Lipinski definition) is 3. The molecule has 0 saturated carbocycles. The Morgan fingerprint density at radius 1 is 1.06 bits per heavy atom. The Hall–Kier alpha value is 0.418. The van der Waals surface area contributed by atoms with E-state index in [1.165, 1.54) is 14.2 Å². The van der Waals surface area contributed by atoms with Crippen LogP contribution < -0.4 is 10.4 Å². The number of ether oxygens (including phenoxy) is 1. The van der Waals surface area contributed by atoms with Crippen LogP contribution in [0.3, 0.4) is 0 Å². The van der Waals surface area contributed by atoms with E-state index in [0.717, 1.165) is 11.1 Å². The molecule has 0 aromatic heterocycles. The Morgan fingerprint density at radius 3 is 2.06 bits per heavy atom. The third-order valence-corrected chi connectivity index (χ3v) is 4.59. The van der Waals surface area contributed by atoms with Gasteiger partial charge in [0.2, 0.25) is 0 Å². The van der Waals surface area contributed by atoms with E-state index in [-0.39, 0.29) is 72.0 Å². The Morgan fingerprint density at radius 2 is 1.62 bits per heavy atom. The monoisotopic (exact) mass is 612 g/mol. The molecule has 0 aliphatic carbocycles. The molecule has 2 aromatic carbocycles. The van der Waals surface area contributed by atoms with Crippen molar-refractivity contribution in [3.63, 3.8) is 0 Å². The summed E-state index contributed by atoms with van der Waals surface area (Å²) in [5.41, 5.74) is 2.43. The summed E-state index contributed by atoms with van der Waals surface area (Å²) in [6.07, 6.45) is 5.14. The van der Waals surface area contributed by atoms with Crippen LogP contribution in [0.15, 0.2) is 54.6 Å². The van der Waals surface area contributed by atoms with E-state index in [9.17, 15) is 4.57 Å². The first-order chi connectivity index (χ1) is 14.1. The van der Waals surface area contributed by atoms with Crippen LogP contribution in [0.25, 0.3) is 6.08 Å². The van der Waals surface area contributed by atoms with Crippen molar-refractivity contribution in [2.45, 2.75) is 26.3 Å². The fraction of sp³-hybridized carbons (Fsp3) is 0.391. The number of hydrogen-bond acceptors (Lipinski definition) is 4. The van der Waals surface area contributed by atoms with Crippen molar-refractivity contribution < 1.29 is 84.1 Å². The van der Waals surface area contributed by atoms with E-state index in [1.807, 2.05) is 67.7 Å². The molecule has 0 saturated heterocycles. The van der Waals surface area contributed by atoms with Crippen LogP contribution in [0.1, 0.15) is 31.9 Å². The molecule has 2 radical (unpaired) electrons. The second-order valence-electron chi connectivity index (χ2n) is 7.04. The van der Waals surface area contributed by atoms with Crippen LogP contribution in [0.4, 0.5) is 0 Å². The van der Waals surface area contributed by atoms with Crippen molar-refractivity contribution in [1.82, 2.24) is 10.4 Å². The molecule has 0 aliphatic heterocycles. The Bertz CT molecular complexity index is 701. The van der Waals surface area contributed by atoms with E-state index in [1.54, 1.807) is 0 Å². The normalized spacial score (nSPS) is 12.1. The average Bonchev–Trinajstić information content (AvgIpc) is 2.74. The smallest absolute Gasteiger partial charge is 0.382 e. The maximum atomic E-state index is 10.6. The summed E-state index contributed by atoms with van der Waals surface area (Å²) < 4.78 is 19.7. The molecule has 6 nitrogen and oxygen atoms in total. The number of benzene rings is 2. The SMILES string of the molecule is CNC(C)(C)C.CNP(=O)(O)OCCOC.[C-](=Cc1[c-]cccc1)c1ccccc1.[Y].[Y]. The molecule has 0 bridgehead atoms. The molecule has 2 rings (SSSR count). The number of methoxy groups -OCH3 is 1. The molecule has 2 aromatic rings. The van der Waals surface area contributed by atoms with Gasteiger partial charge in [0.15, 0.2) is 0 Å². The molecule has 0 amide bonds. The first-order valence-electron chi connectivity index (χ1n) is 9.59. The Labute approximate surface area is 244 Å². The third-order valence-electron chi connectivity index (χ3n) is 3.49. The van der Waals surface area contributed by atoms with Crippen LogP contribution in [-0.2, 0) is 79.2 Å². The molecule has 3 N–H and O–H groups in total.